The van der Waals surface area contributed by atoms with Crippen LogP contribution in [0.3, 0.4) is 0 Å². The summed E-state index contributed by atoms with van der Waals surface area (Å²) in [5, 5.41) is 3.69. The Morgan fingerprint density at radius 1 is 1.11 bits per heavy atom. The van der Waals surface area contributed by atoms with Crippen molar-refractivity contribution in [3.05, 3.63) is 46.5 Å². The second kappa shape index (κ2) is 7.24. The fourth-order valence-corrected chi connectivity index (χ4v) is 3.53. The van der Waals surface area contributed by atoms with E-state index in [0.717, 1.165) is 22.6 Å². The molecule has 4 rings (SSSR count). The maximum absolute atomic E-state index is 13.2. The van der Waals surface area contributed by atoms with Gasteiger partial charge in [-0.15, -0.1) is 0 Å². The van der Waals surface area contributed by atoms with Gasteiger partial charge in [0.1, 0.15) is 17.4 Å². The minimum Gasteiger partial charge on any atom is -0.442 e. The summed E-state index contributed by atoms with van der Waals surface area (Å²) in [5.41, 5.74) is 3.81. The molecule has 7 heteroatoms. The Labute approximate surface area is 163 Å². The van der Waals surface area contributed by atoms with Gasteiger partial charge in [-0.1, -0.05) is 12.1 Å². The molecule has 1 aliphatic heterocycles. The first-order valence-electron chi connectivity index (χ1n) is 9.43. The number of carbonyl (C=O) groups is 1. The van der Waals surface area contributed by atoms with Crippen molar-refractivity contribution < 1.29 is 13.9 Å². The molecule has 1 saturated heterocycles. The van der Waals surface area contributed by atoms with Crippen LogP contribution < -0.4 is 10.2 Å². The molecule has 1 N–H and O–H groups in total. The lowest BCUT2D eigenvalue weighted by atomic mass is 10.1. The van der Waals surface area contributed by atoms with Crippen LogP contribution in [0.15, 0.2) is 22.6 Å². The number of amides is 1. The molecule has 1 aliphatic rings. The van der Waals surface area contributed by atoms with Gasteiger partial charge < -0.3 is 19.4 Å². The van der Waals surface area contributed by atoms with Gasteiger partial charge in [-0.25, -0.2) is 4.98 Å². The molecule has 146 valence electrons. The molecule has 0 radical (unpaired) electrons. The first-order chi connectivity index (χ1) is 13.4. The van der Waals surface area contributed by atoms with Crippen LogP contribution in [0.1, 0.15) is 33.1 Å². The summed E-state index contributed by atoms with van der Waals surface area (Å²) < 4.78 is 11.3. The van der Waals surface area contributed by atoms with Gasteiger partial charge in [0.2, 0.25) is 5.71 Å². The number of rotatable bonds is 3. The summed E-state index contributed by atoms with van der Waals surface area (Å²) >= 11 is 0. The van der Waals surface area contributed by atoms with Crippen molar-refractivity contribution in [1.82, 2.24) is 9.97 Å². The molecule has 28 heavy (non-hydrogen) atoms. The Morgan fingerprint density at radius 2 is 1.86 bits per heavy atom. The summed E-state index contributed by atoms with van der Waals surface area (Å²) in [6, 6.07) is 5.99. The summed E-state index contributed by atoms with van der Waals surface area (Å²) in [4.78, 5) is 24.4. The third kappa shape index (κ3) is 3.33. The highest BCUT2D eigenvalue weighted by atomic mass is 16.5. The standard InChI is InChI=1S/C21H24N4O3/c1-12-5-6-13(2)16(11-12)24-20(26)17-14(3)28-21-18(17)19(22-15(4)23-21)25-7-9-27-10-8-25/h5-6,11H,7-10H2,1-4H3,(H,24,26). The van der Waals surface area contributed by atoms with Gasteiger partial charge >= 0.3 is 0 Å². The lowest BCUT2D eigenvalue weighted by Gasteiger charge is -2.28. The number of morpholine rings is 1. The molecule has 7 nitrogen and oxygen atoms in total. The lowest BCUT2D eigenvalue weighted by Crippen LogP contribution is -2.37. The highest BCUT2D eigenvalue weighted by molar-refractivity contribution is 6.15. The molecule has 0 bridgehead atoms. The number of fused-ring (bicyclic) bond motifs is 1. The molecular weight excluding hydrogens is 356 g/mol. The van der Waals surface area contributed by atoms with Crippen molar-refractivity contribution in [2.45, 2.75) is 27.7 Å². The van der Waals surface area contributed by atoms with Crippen LogP contribution in [0.4, 0.5) is 11.5 Å². The number of benzene rings is 1. The molecule has 1 amide bonds. The van der Waals surface area contributed by atoms with Crippen LogP contribution in [0, 0.1) is 27.7 Å². The quantitative estimate of drug-likeness (QED) is 0.748. The lowest BCUT2D eigenvalue weighted by molar-refractivity contribution is 0.102. The Morgan fingerprint density at radius 3 is 2.61 bits per heavy atom. The average molecular weight is 380 g/mol. The zero-order chi connectivity index (χ0) is 19.8. The monoisotopic (exact) mass is 380 g/mol. The number of hydrogen-bond acceptors (Lipinski definition) is 6. The Kier molecular flexibility index (Phi) is 4.77. The zero-order valence-corrected chi connectivity index (χ0v) is 16.6. The van der Waals surface area contributed by atoms with Gasteiger partial charge in [-0.2, -0.15) is 4.98 Å². The molecule has 0 atom stereocenters. The van der Waals surface area contributed by atoms with Crippen molar-refractivity contribution in [1.29, 1.82) is 0 Å². The predicted octanol–water partition coefficient (Wildman–Crippen LogP) is 3.55. The number of nitrogens with zero attached hydrogens (tertiary/aromatic N) is 3. The van der Waals surface area contributed by atoms with Gasteiger partial charge in [-0.3, -0.25) is 4.79 Å². The number of furan rings is 1. The van der Waals surface area contributed by atoms with Crippen LogP contribution in [-0.2, 0) is 4.74 Å². The normalized spacial score (nSPS) is 14.5. The number of anilines is 2. The summed E-state index contributed by atoms with van der Waals surface area (Å²) in [7, 11) is 0. The third-order valence-corrected chi connectivity index (χ3v) is 5.00. The number of aromatic nitrogens is 2. The highest BCUT2D eigenvalue weighted by Gasteiger charge is 2.27. The first kappa shape index (κ1) is 18.4. The highest BCUT2D eigenvalue weighted by Crippen LogP contribution is 2.33. The molecule has 0 aliphatic carbocycles. The van der Waals surface area contributed by atoms with Gasteiger partial charge in [0.15, 0.2) is 0 Å². The topological polar surface area (TPSA) is 80.5 Å². The fourth-order valence-electron chi connectivity index (χ4n) is 3.53. The molecular formula is C21H24N4O3. The maximum atomic E-state index is 13.2. The van der Waals surface area contributed by atoms with E-state index in [0.29, 0.717) is 54.6 Å². The van der Waals surface area contributed by atoms with Crippen LogP contribution in [0.25, 0.3) is 11.1 Å². The molecule has 3 heterocycles. The molecule has 2 aromatic heterocycles. The van der Waals surface area contributed by atoms with Gasteiger partial charge in [0.25, 0.3) is 5.91 Å². The van der Waals surface area contributed by atoms with Gasteiger partial charge in [-0.05, 0) is 44.9 Å². The van der Waals surface area contributed by atoms with E-state index in [1.807, 2.05) is 39.0 Å². The van der Waals surface area contributed by atoms with Crippen LogP contribution in [0.5, 0.6) is 0 Å². The Balaban J connectivity index is 1.81. The average Bonchev–Trinajstić information content (AvgIpc) is 3.00. The predicted molar refractivity (Wildman–Crippen MR) is 108 cm³/mol. The van der Waals surface area contributed by atoms with Crippen LogP contribution in [0.2, 0.25) is 0 Å². The first-order valence-corrected chi connectivity index (χ1v) is 9.43. The maximum Gasteiger partial charge on any atom is 0.260 e. The number of ether oxygens (including phenoxy) is 1. The summed E-state index contributed by atoms with van der Waals surface area (Å²) in [6.07, 6.45) is 0. The molecule has 0 unspecified atom stereocenters. The van der Waals surface area contributed by atoms with E-state index in [9.17, 15) is 4.79 Å². The second-order valence-electron chi connectivity index (χ2n) is 7.18. The van der Waals surface area contributed by atoms with Crippen molar-refractivity contribution in [3.63, 3.8) is 0 Å². The number of nitrogens with one attached hydrogen (secondary N) is 1. The molecule has 1 fully saturated rings. The van der Waals surface area contributed by atoms with Gasteiger partial charge in [0, 0.05) is 18.8 Å². The SMILES string of the molecule is Cc1ccc(C)c(NC(=O)c2c(C)oc3nc(C)nc(N4CCOCC4)c23)c1. The number of carbonyl (C=O) groups excluding carboxylic acids is 1. The van der Waals surface area contributed by atoms with E-state index in [1.54, 1.807) is 6.92 Å². The van der Waals surface area contributed by atoms with E-state index in [2.05, 4.69) is 20.2 Å². The van der Waals surface area contributed by atoms with Gasteiger partial charge in [0.05, 0.1) is 24.2 Å². The number of hydrogen-bond donors (Lipinski definition) is 1. The fraction of sp³-hybridized carbons (Fsp3) is 0.381. The Hall–Kier alpha value is -2.93. The smallest absolute Gasteiger partial charge is 0.260 e. The minimum absolute atomic E-state index is 0.216. The van der Waals surface area contributed by atoms with E-state index < -0.39 is 0 Å². The molecule has 3 aromatic rings. The van der Waals surface area contributed by atoms with Crippen LogP contribution >= 0.6 is 0 Å². The zero-order valence-electron chi connectivity index (χ0n) is 16.6. The second-order valence-corrected chi connectivity index (χ2v) is 7.18. The van der Waals surface area contributed by atoms with E-state index in [4.69, 9.17) is 9.15 Å². The molecule has 1 aromatic carbocycles. The number of aryl methyl sites for hydroxylation is 4. The van der Waals surface area contributed by atoms with Crippen molar-refractivity contribution >= 4 is 28.5 Å². The Bertz CT molecular complexity index is 1050. The summed E-state index contributed by atoms with van der Waals surface area (Å²) in [5.74, 6) is 1.66. The largest absolute Gasteiger partial charge is 0.442 e. The molecule has 0 saturated carbocycles. The van der Waals surface area contributed by atoms with E-state index in [1.165, 1.54) is 0 Å². The van der Waals surface area contributed by atoms with E-state index >= 15 is 0 Å². The van der Waals surface area contributed by atoms with Crippen LogP contribution in [-0.4, -0.2) is 42.2 Å². The van der Waals surface area contributed by atoms with E-state index in [-0.39, 0.29) is 5.91 Å². The van der Waals surface area contributed by atoms with Crippen molar-refractivity contribution in [2.75, 3.05) is 36.5 Å². The minimum atomic E-state index is -0.216. The van der Waals surface area contributed by atoms with Crippen molar-refractivity contribution in [3.8, 4) is 0 Å². The summed E-state index contributed by atoms with van der Waals surface area (Å²) in [6.45, 7) is 10.3. The third-order valence-electron chi connectivity index (χ3n) is 5.00. The molecule has 0 spiro atoms. The van der Waals surface area contributed by atoms with Crippen molar-refractivity contribution in [2.24, 2.45) is 0 Å².